The van der Waals surface area contributed by atoms with Gasteiger partial charge in [-0.05, 0) is 56.3 Å². The number of fused-ring (bicyclic) bond motifs is 3. The highest BCUT2D eigenvalue weighted by molar-refractivity contribution is 6.29. The molecule has 3 aliphatic rings. The van der Waals surface area contributed by atoms with Crippen LogP contribution in [0.1, 0.15) is 24.8 Å². The maximum atomic E-state index is 5.80. The average molecular weight is 237 g/mol. The van der Waals surface area contributed by atoms with Gasteiger partial charge in [-0.1, -0.05) is 17.7 Å². The SMILES string of the molecule is Clc1ccc(CC2CC3CCN2CC3)cn1. The minimum atomic E-state index is 0.592. The highest BCUT2D eigenvalue weighted by Crippen LogP contribution is 2.33. The Morgan fingerprint density at radius 3 is 2.69 bits per heavy atom. The zero-order valence-corrected chi connectivity index (χ0v) is 10.2. The number of halogens is 1. The van der Waals surface area contributed by atoms with E-state index in [1.807, 2.05) is 12.3 Å². The summed E-state index contributed by atoms with van der Waals surface area (Å²) >= 11 is 5.80. The first kappa shape index (κ1) is 10.5. The lowest BCUT2D eigenvalue weighted by Crippen LogP contribution is -2.49. The van der Waals surface area contributed by atoms with Crippen LogP contribution in [0.5, 0.6) is 0 Å². The quantitative estimate of drug-likeness (QED) is 0.735. The first-order valence-electron chi connectivity index (χ1n) is 6.16. The summed E-state index contributed by atoms with van der Waals surface area (Å²) in [5.41, 5.74) is 1.32. The largest absolute Gasteiger partial charge is 0.300 e. The van der Waals surface area contributed by atoms with Crippen molar-refractivity contribution in [2.75, 3.05) is 13.1 Å². The van der Waals surface area contributed by atoms with Crippen LogP contribution in [-0.2, 0) is 6.42 Å². The highest BCUT2D eigenvalue weighted by atomic mass is 35.5. The van der Waals surface area contributed by atoms with Crippen molar-refractivity contribution in [3.05, 3.63) is 29.0 Å². The van der Waals surface area contributed by atoms with Gasteiger partial charge in [0.05, 0.1) is 0 Å². The van der Waals surface area contributed by atoms with Crippen molar-refractivity contribution >= 4 is 11.6 Å². The lowest BCUT2D eigenvalue weighted by Gasteiger charge is -2.45. The molecule has 1 atom stereocenters. The van der Waals surface area contributed by atoms with Crippen LogP contribution in [0.25, 0.3) is 0 Å². The van der Waals surface area contributed by atoms with Crippen LogP contribution in [-0.4, -0.2) is 29.0 Å². The van der Waals surface area contributed by atoms with Gasteiger partial charge in [-0.15, -0.1) is 0 Å². The van der Waals surface area contributed by atoms with Crippen molar-refractivity contribution in [3.8, 4) is 0 Å². The third kappa shape index (κ3) is 2.09. The van der Waals surface area contributed by atoms with E-state index in [-0.39, 0.29) is 0 Å². The molecule has 0 spiro atoms. The van der Waals surface area contributed by atoms with Crippen LogP contribution in [0.4, 0.5) is 0 Å². The van der Waals surface area contributed by atoms with Gasteiger partial charge in [0.2, 0.25) is 0 Å². The lowest BCUT2D eigenvalue weighted by molar-refractivity contribution is 0.0498. The molecular weight excluding hydrogens is 220 g/mol. The minimum absolute atomic E-state index is 0.592. The zero-order chi connectivity index (χ0) is 11.0. The predicted molar refractivity (Wildman–Crippen MR) is 65.7 cm³/mol. The van der Waals surface area contributed by atoms with E-state index in [4.69, 9.17) is 11.6 Å². The van der Waals surface area contributed by atoms with Crippen LogP contribution in [0, 0.1) is 5.92 Å². The summed E-state index contributed by atoms with van der Waals surface area (Å²) in [6.07, 6.45) is 7.26. The van der Waals surface area contributed by atoms with E-state index in [1.165, 1.54) is 37.9 Å². The zero-order valence-electron chi connectivity index (χ0n) is 9.40. The second-order valence-corrected chi connectivity index (χ2v) is 5.45. The number of pyridine rings is 1. The molecule has 3 fully saturated rings. The molecule has 0 amide bonds. The molecule has 1 unspecified atom stereocenters. The number of nitrogens with zero attached hydrogens (tertiary/aromatic N) is 2. The van der Waals surface area contributed by atoms with Gasteiger partial charge in [-0.3, -0.25) is 0 Å². The molecule has 1 aromatic heterocycles. The molecule has 4 heterocycles. The summed E-state index contributed by atoms with van der Waals surface area (Å²) in [5.74, 6) is 0.982. The molecule has 2 nitrogen and oxygen atoms in total. The van der Waals surface area contributed by atoms with Gasteiger partial charge in [-0.2, -0.15) is 0 Å². The number of rotatable bonds is 2. The first-order chi connectivity index (χ1) is 7.81. The van der Waals surface area contributed by atoms with E-state index < -0.39 is 0 Å². The van der Waals surface area contributed by atoms with Gasteiger partial charge in [0.25, 0.3) is 0 Å². The van der Waals surface area contributed by atoms with Crippen molar-refractivity contribution in [1.29, 1.82) is 0 Å². The fraction of sp³-hybridized carbons (Fsp3) is 0.615. The van der Waals surface area contributed by atoms with Crippen molar-refractivity contribution in [3.63, 3.8) is 0 Å². The van der Waals surface area contributed by atoms with E-state index in [0.29, 0.717) is 5.15 Å². The first-order valence-corrected chi connectivity index (χ1v) is 6.53. The van der Waals surface area contributed by atoms with Crippen LogP contribution >= 0.6 is 11.6 Å². The molecule has 0 saturated carbocycles. The van der Waals surface area contributed by atoms with Gasteiger partial charge in [0, 0.05) is 12.2 Å². The van der Waals surface area contributed by atoms with Gasteiger partial charge in [-0.25, -0.2) is 4.98 Å². The molecule has 86 valence electrons. The Balaban J connectivity index is 1.68. The molecule has 3 heteroatoms. The smallest absolute Gasteiger partial charge is 0.129 e. The molecule has 4 rings (SSSR count). The second kappa shape index (κ2) is 4.34. The summed E-state index contributed by atoms with van der Waals surface area (Å²) < 4.78 is 0. The van der Waals surface area contributed by atoms with Gasteiger partial charge in [0.15, 0.2) is 0 Å². The number of hydrogen-bond donors (Lipinski definition) is 0. The Hall–Kier alpha value is -0.600. The normalized spacial score (nSPS) is 32.9. The van der Waals surface area contributed by atoms with Crippen LogP contribution in [0.2, 0.25) is 5.15 Å². The monoisotopic (exact) mass is 236 g/mol. The van der Waals surface area contributed by atoms with Gasteiger partial charge < -0.3 is 4.90 Å². The van der Waals surface area contributed by atoms with E-state index in [1.54, 1.807) is 0 Å². The second-order valence-electron chi connectivity index (χ2n) is 5.06. The van der Waals surface area contributed by atoms with Crippen molar-refractivity contribution in [2.45, 2.75) is 31.7 Å². The minimum Gasteiger partial charge on any atom is -0.300 e. The van der Waals surface area contributed by atoms with E-state index in [0.717, 1.165) is 18.4 Å². The summed E-state index contributed by atoms with van der Waals surface area (Å²) in [6, 6.07) is 4.75. The van der Waals surface area contributed by atoms with Gasteiger partial charge >= 0.3 is 0 Å². The molecule has 0 radical (unpaired) electrons. The van der Waals surface area contributed by atoms with Crippen LogP contribution in [0.3, 0.4) is 0 Å². The highest BCUT2D eigenvalue weighted by Gasteiger charge is 2.33. The molecule has 16 heavy (non-hydrogen) atoms. The molecule has 0 aliphatic carbocycles. The number of piperidine rings is 3. The average Bonchev–Trinajstić information content (AvgIpc) is 2.34. The fourth-order valence-electron chi connectivity index (χ4n) is 3.10. The van der Waals surface area contributed by atoms with Crippen molar-refractivity contribution in [2.24, 2.45) is 5.92 Å². The van der Waals surface area contributed by atoms with E-state index >= 15 is 0 Å². The Kier molecular flexibility index (Phi) is 2.86. The van der Waals surface area contributed by atoms with E-state index in [2.05, 4.69) is 16.0 Å². The van der Waals surface area contributed by atoms with Crippen molar-refractivity contribution < 1.29 is 0 Å². The van der Waals surface area contributed by atoms with Crippen molar-refractivity contribution in [1.82, 2.24) is 9.88 Å². The maximum absolute atomic E-state index is 5.80. The standard InChI is InChI=1S/C13H17ClN2/c14-13-2-1-11(9-15-13)8-12-7-10-3-5-16(12)6-4-10/h1-2,9-10,12H,3-8H2. The lowest BCUT2D eigenvalue weighted by atomic mass is 9.81. The number of hydrogen-bond acceptors (Lipinski definition) is 2. The Bertz CT molecular complexity index is 355. The van der Waals surface area contributed by atoms with Crippen LogP contribution in [0.15, 0.2) is 18.3 Å². The third-order valence-electron chi connectivity index (χ3n) is 4.03. The van der Waals surface area contributed by atoms with Crippen LogP contribution < -0.4 is 0 Å². The molecule has 2 bridgehead atoms. The fourth-order valence-corrected chi connectivity index (χ4v) is 3.21. The van der Waals surface area contributed by atoms with Gasteiger partial charge in [0.1, 0.15) is 5.15 Å². The summed E-state index contributed by atoms with van der Waals surface area (Å²) in [6.45, 7) is 2.60. The molecule has 0 N–H and O–H groups in total. The molecular formula is C13H17ClN2. The Morgan fingerprint density at radius 1 is 1.31 bits per heavy atom. The molecule has 1 aromatic rings. The summed E-state index contributed by atoms with van der Waals surface area (Å²) in [5, 5.41) is 0.592. The Morgan fingerprint density at radius 2 is 2.12 bits per heavy atom. The van der Waals surface area contributed by atoms with E-state index in [9.17, 15) is 0 Å². The molecule has 0 aromatic carbocycles. The Labute approximate surface area is 102 Å². The molecule has 3 saturated heterocycles. The number of aromatic nitrogens is 1. The summed E-state index contributed by atoms with van der Waals surface area (Å²) in [4.78, 5) is 6.80. The summed E-state index contributed by atoms with van der Waals surface area (Å²) in [7, 11) is 0. The third-order valence-corrected chi connectivity index (χ3v) is 4.25. The predicted octanol–water partition coefficient (Wildman–Crippen LogP) is 2.76. The molecule has 3 aliphatic heterocycles. The maximum Gasteiger partial charge on any atom is 0.129 e. The topological polar surface area (TPSA) is 16.1 Å².